The third kappa shape index (κ3) is 2.35. The SMILES string of the molecule is C=CCS(=O)(=O)N1CCc2c(N)cccc2C1. The largest absolute Gasteiger partial charge is 0.398 e. The van der Waals surface area contributed by atoms with Gasteiger partial charge in [0, 0.05) is 18.8 Å². The van der Waals surface area contributed by atoms with Crippen molar-refractivity contribution in [2.24, 2.45) is 0 Å². The minimum atomic E-state index is -3.21. The van der Waals surface area contributed by atoms with Crippen molar-refractivity contribution in [3.05, 3.63) is 42.0 Å². The van der Waals surface area contributed by atoms with Crippen LogP contribution >= 0.6 is 0 Å². The number of benzene rings is 1. The summed E-state index contributed by atoms with van der Waals surface area (Å²) in [6.07, 6.45) is 2.10. The number of fused-ring (bicyclic) bond motifs is 1. The fourth-order valence-corrected chi connectivity index (χ4v) is 3.32. The van der Waals surface area contributed by atoms with E-state index in [1.165, 1.54) is 10.4 Å². The molecule has 1 aliphatic heterocycles. The molecule has 2 rings (SSSR count). The summed E-state index contributed by atoms with van der Waals surface area (Å²) < 4.78 is 25.3. The molecule has 1 aromatic carbocycles. The molecule has 0 aliphatic carbocycles. The number of nitrogen functional groups attached to an aromatic ring is 1. The highest BCUT2D eigenvalue weighted by Gasteiger charge is 2.26. The monoisotopic (exact) mass is 252 g/mol. The summed E-state index contributed by atoms with van der Waals surface area (Å²) in [5.74, 6) is -0.00928. The Labute approximate surface area is 102 Å². The predicted octanol–water partition coefficient (Wildman–Crippen LogP) is 1.14. The molecule has 0 bridgehead atoms. The average molecular weight is 252 g/mol. The standard InChI is InChI=1S/C12H16N2O2S/c1-2-8-17(15,16)14-7-6-11-10(9-14)4-3-5-12(11)13/h2-5H,1,6-9,13H2. The smallest absolute Gasteiger partial charge is 0.217 e. The van der Waals surface area contributed by atoms with Gasteiger partial charge in [-0.05, 0) is 23.6 Å². The van der Waals surface area contributed by atoms with Crippen LogP contribution in [0.3, 0.4) is 0 Å². The molecular formula is C12H16N2O2S. The number of hydrogen-bond donors (Lipinski definition) is 1. The van der Waals surface area contributed by atoms with E-state index in [1.54, 1.807) is 0 Å². The molecule has 0 radical (unpaired) electrons. The first kappa shape index (κ1) is 12.1. The molecule has 0 fully saturated rings. The summed E-state index contributed by atoms with van der Waals surface area (Å²) >= 11 is 0. The topological polar surface area (TPSA) is 63.4 Å². The summed E-state index contributed by atoms with van der Waals surface area (Å²) in [6.45, 7) is 4.38. The third-order valence-corrected chi connectivity index (χ3v) is 4.74. The third-order valence-electron chi connectivity index (χ3n) is 2.99. The van der Waals surface area contributed by atoms with Crippen molar-refractivity contribution in [1.82, 2.24) is 4.31 Å². The van der Waals surface area contributed by atoms with Crippen molar-refractivity contribution in [2.45, 2.75) is 13.0 Å². The van der Waals surface area contributed by atoms with Gasteiger partial charge in [0.2, 0.25) is 10.0 Å². The molecule has 5 heteroatoms. The Kier molecular flexibility index (Phi) is 3.22. The van der Waals surface area contributed by atoms with Gasteiger partial charge in [0.25, 0.3) is 0 Å². The molecule has 0 aromatic heterocycles. The summed E-state index contributed by atoms with van der Waals surface area (Å²) in [4.78, 5) is 0. The molecule has 0 unspecified atom stereocenters. The molecular weight excluding hydrogens is 236 g/mol. The number of sulfonamides is 1. The van der Waals surface area contributed by atoms with Crippen molar-refractivity contribution < 1.29 is 8.42 Å². The van der Waals surface area contributed by atoms with Gasteiger partial charge in [-0.2, -0.15) is 4.31 Å². The van der Waals surface area contributed by atoms with Gasteiger partial charge in [0.1, 0.15) is 0 Å². The first-order valence-corrected chi connectivity index (χ1v) is 7.10. The fraction of sp³-hybridized carbons (Fsp3) is 0.333. The molecule has 1 heterocycles. The van der Waals surface area contributed by atoms with Gasteiger partial charge in [0.05, 0.1) is 5.75 Å². The van der Waals surface area contributed by atoms with Crippen LogP contribution in [0.5, 0.6) is 0 Å². The van der Waals surface area contributed by atoms with Gasteiger partial charge in [0.15, 0.2) is 0 Å². The van der Waals surface area contributed by atoms with Crippen LogP contribution in [0.2, 0.25) is 0 Å². The first-order valence-electron chi connectivity index (χ1n) is 5.49. The lowest BCUT2D eigenvalue weighted by Crippen LogP contribution is -2.37. The van der Waals surface area contributed by atoms with E-state index in [0.717, 1.165) is 16.8 Å². The number of rotatable bonds is 3. The van der Waals surface area contributed by atoms with Gasteiger partial charge in [-0.25, -0.2) is 8.42 Å². The molecule has 0 atom stereocenters. The average Bonchev–Trinajstić information content (AvgIpc) is 2.29. The zero-order valence-corrected chi connectivity index (χ0v) is 10.4. The Morgan fingerprint density at radius 3 is 2.94 bits per heavy atom. The van der Waals surface area contributed by atoms with E-state index in [2.05, 4.69) is 6.58 Å². The highest BCUT2D eigenvalue weighted by atomic mass is 32.2. The van der Waals surface area contributed by atoms with Crippen LogP contribution in [0.1, 0.15) is 11.1 Å². The van der Waals surface area contributed by atoms with E-state index >= 15 is 0 Å². The normalized spacial score (nSPS) is 16.5. The van der Waals surface area contributed by atoms with Gasteiger partial charge < -0.3 is 5.73 Å². The van der Waals surface area contributed by atoms with E-state index in [-0.39, 0.29) is 5.75 Å². The maximum atomic E-state index is 11.9. The Morgan fingerprint density at radius 2 is 2.24 bits per heavy atom. The number of anilines is 1. The van der Waals surface area contributed by atoms with E-state index in [1.807, 2.05) is 18.2 Å². The van der Waals surface area contributed by atoms with Gasteiger partial charge >= 0.3 is 0 Å². The van der Waals surface area contributed by atoms with Crippen molar-refractivity contribution in [3.8, 4) is 0 Å². The quantitative estimate of drug-likeness (QED) is 0.648. The number of nitrogens with two attached hydrogens (primary N) is 1. The lowest BCUT2D eigenvalue weighted by atomic mass is 9.99. The zero-order valence-electron chi connectivity index (χ0n) is 9.59. The molecule has 0 saturated carbocycles. The highest BCUT2D eigenvalue weighted by Crippen LogP contribution is 2.25. The summed E-state index contributed by atoms with van der Waals surface area (Å²) in [5.41, 5.74) is 8.71. The zero-order chi connectivity index (χ0) is 12.5. The predicted molar refractivity (Wildman–Crippen MR) is 69.0 cm³/mol. The van der Waals surface area contributed by atoms with Crippen LogP contribution in [0.25, 0.3) is 0 Å². The number of nitrogens with zero attached hydrogens (tertiary/aromatic N) is 1. The van der Waals surface area contributed by atoms with Gasteiger partial charge in [-0.15, -0.1) is 6.58 Å². The summed E-state index contributed by atoms with van der Waals surface area (Å²) in [7, 11) is -3.21. The Hall–Kier alpha value is -1.33. The fourth-order valence-electron chi connectivity index (χ4n) is 2.10. The number of hydrogen-bond acceptors (Lipinski definition) is 3. The van der Waals surface area contributed by atoms with E-state index in [4.69, 9.17) is 5.73 Å². The molecule has 92 valence electrons. The van der Waals surface area contributed by atoms with Gasteiger partial charge in [-0.3, -0.25) is 0 Å². The van der Waals surface area contributed by atoms with Crippen LogP contribution in [-0.2, 0) is 23.0 Å². The van der Waals surface area contributed by atoms with Crippen molar-refractivity contribution >= 4 is 15.7 Å². The summed E-state index contributed by atoms with van der Waals surface area (Å²) in [6, 6.07) is 5.64. The Balaban J connectivity index is 2.28. The van der Waals surface area contributed by atoms with E-state index in [0.29, 0.717) is 19.5 Å². The Morgan fingerprint density at radius 1 is 1.47 bits per heavy atom. The van der Waals surface area contributed by atoms with Crippen LogP contribution in [0.4, 0.5) is 5.69 Å². The second kappa shape index (κ2) is 4.50. The maximum Gasteiger partial charge on any atom is 0.217 e. The van der Waals surface area contributed by atoms with Gasteiger partial charge in [-0.1, -0.05) is 18.2 Å². The molecule has 4 nitrogen and oxygen atoms in total. The molecule has 0 amide bonds. The second-order valence-electron chi connectivity index (χ2n) is 4.14. The second-order valence-corrected chi connectivity index (χ2v) is 6.15. The van der Waals surface area contributed by atoms with Crippen molar-refractivity contribution in [1.29, 1.82) is 0 Å². The van der Waals surface area contributed by atoms with Crippen molar-refractivity contribution in [3.63, 3.8) is 0 Å². The van der Waals surface area contributed by atoms with Crippen molar-refractivity contribution in [2.75, 3.05) is 18.0 Å². The lowest BCUT2D eigenvalue weighted by molar-refractivity contribution is 0.393. The minimum absolute atomic E-state index is 0.00928. The minimum Gasteiger partial charge on any atom is -0.398 e. The molecule has 0 spiro atoms. The van der Waals surface area contributed by atoms with E-state index < -0.39 is 10.0 Å². The molecule has 1 aromatic rings. The first-order chi connectivity index (χ1) is 8.04. The van der Waals surface area contributed by atoms with Crippen LogP contribution in [0.15, 0.2) is 30.9 Å². The molecule has 2 N–H and O–H groups in total. The Bertz CT molecular complexity index is 537. The van der Waals surface area contributed by atoms with E-state index in [9.17, 15) is 8.42 Å². The maximum absolute atomic E-state index is 11.9. The van der Waals surface area contributed by atoms with Crippen LogP contribution in [0, 0.1) is 0 Å². The highest BCUT2D eigenvalue weighted by molar-refractivity contribution is 7.89. The lowest BCUT2D eigenvalue weighted by Gasteiger charge is -2.28. The molecule has 0 saturated heterocycles. The molecule has 17 heavy (non-hydrogen) atoms. The molecule has 1 aliphatic rings. The van der Waals surface area contributed by atoms with Crippen LogP contribution < -0.4 is 5.73 Å². The summed E-state index contributed by atoms with van der Waals surface area (Å²) in [5, 5.41) is 0. The van der Waals surface area contributed by atoms with Crippen LogP contribution in [-0.4, -0.2) is 25.0 Å².